The number of hydrogen-bond acceptors (Lipinski definition) is 1. The summed E-state index contributed by atoms with van der Waals surface area (Å²) in [4.78, 5) is 2.21. The number of rotatable bonds is 7. The summed E-state index contributed by atoms with van der Waals surface area (Å²) >= 11 is 0. The lowest BCUT2D eigenvalue weighted by Gasteiger charge is -2.27. The monoisotopic (exact) mass is 349 g/mol. The van der Waals surface area contributed by atoms with Gasteiger partial charge in [0.15, 0.2) is 0 Å². The third-order valence-electron chi connectivity index (χ3n) is 5.62. The van der Waals surface area contributed by atoms with Crippen LogP contribution in [0.1, 0.15) is 49.9 Å². The van der Waals surface area contributed by atoms with Crippen molar-refractivity contribution < 1.29 is 0 Å². The summed E-state index contributed by atoms with van der Waals surface area (Å²) in [5.41, 5.74) is 11.9. The fraction of sp³-hybridized carbons (Fsp3) is 0.360. The van der Waals surface area contributed by atoms with Crippen molar-refractivity contribution in [3.63, 3.8) is 0 Å². The molecule has 0 heterocycles. The molecule has 0 unspecified atom stereocenters. The molecule has 0 aliphatic heterocycles. The first-order chi connectivity index (χ1) is 12.0. The summed E-state index contributed by atoms with van der Waals surface area (Å²) in [6, 6.07) is 4.43. The average Bonchev–Trinajstić information content (AvgIpc) is 2.60. The van der Waals surface area contributed by atoms with Crippen molar-refractivity contribution in [2.45, 2.75) is 55.0 Å². The maximum Gasteiger partial charge on any atom is 0.0428 e. The average molecular weight is 350 g/mol. The molecule has 1 rings (SSSR count). The first-order valence-corrected chi connectivity index (χ1v) is 9.18. The molecule has 0 saturated carbocycles. The van der Waals surface area contributed by atoms with Gasteiger partial charge < -0.3 is 4.90 Å². The largest absolute Gasteiger partial charge is 0.370 e. The molecule has 1 nitrogen and oxygen atoms in total. The Hall–Kier alpha value is -2.28. The quantitative estimate of drug-likeness (QED) is 0.480. The van der Waals surface area contributed by atoms with E-state index in [9.17, 15) is 0 Å². The van der Waals surface area contributed by atoms with Crippen LogP contribution in [0.2, 0.25) is 0 Å². The van der Waals surface area contributed by atoms with Crippen LogP contribution in [0.25, 0.3) is 0 Å². The first kappa shape index (κ1) is 21.8. The molecule has 0 spiro atoms. The maximum atomic E-state index is 4.35. The minimum absolute atomic E-state index is 0.832. The molecule has 26 heavy (non-hydrogen) atoms. The molecule has 0 aliphatic rings. The van der Waals surface area contributed by atoms with Crippen molar-refractivity contribution in [1.29, 1.82) is 0 Å². The lowest BCUT2D eigenvalue weighted by atomic mass is 9.92. The SMILES string of the molecule is C=C(C)/C(C)=C(\C)C(=C)/C(=C\C)C(=C)N(C)Cc1ccc(C)c(C)c1C. The van der Waals surface area contributed by atoms with E-state index >= 15 is 0 Å². The molecule has 0 aromatic heterocycles. The summed E-state index contributed by atoms with van der Waals surface area (Å²) in [5.74, 6) is 0. The zero-order chi connectivity index (χ0) is 20.2. The molecule has 1 aromatic carbocycles. The van der Waals surface area contributed by atoms with E-state index < -0.39 is 0 Å². The normalized spacial score (nSPS) is 12.5. The van der Waals surface area contributed by atoms with E-state index in [1.54, 1.807) is 0 Å². The lowest BCUT2D eigenvalue weighted by Crippen LogP contribution is -2.19. The molecule has 140 valence electrons. The molecule has 0 amide bonds. The van der Waals surface area contributed by atoms with Gasteiger partial charge in [-0.15, -0.1) is 0 Å². The van der Waals surface area contributed by atoms with E-state index in [0.29, 0.717) is 0 Å². The Kier molecular flexibility index (Phi) is 7.44. The van der Waals surface area contributed by atoms with Gasteiger partial charge in [0.2, 0.25) is 0 Å². The van der Waals surface area contributed by atoms with Gasteiger partial charge in [-0.2, -0.15) is 0 Å². The van der Waals surface area contributed by atoms with Gasteiger partial charge in [0.25, 0.3) is 0 Å². The van der Waals surface area contributed by atoms with E-state index in [1.807, 2.05) is 13.8 Å². The number of likely N-dealkylation sites (N-methyl/N-ethyl adjacent to an activating group) is 1. The highest BCUT2D eigenvalue weighted by Gasteiger charge is 2.15. The fourth-order valence-corrected chi connectivity index (χ4v) is 3.00. The summed E-state index contributed by atoms with van der Waals surface area (Å²) in [5, 5.41) is 0. The van der Waals surface area contributed by atoms with Crippen LogP contribution in [0.4, 0.5) is 0 Å². The van der Waals surface area contributed by atoms with Gasteiger partial charge in [0, 0.05) is 19.3 Å². The van der Waals surface area contributed by atoms with Gasteiger partial charge >= 0.3 is 0 Å². The number of aryl methyl sites for hydroxylation is 1. The molecular weight excluding hydrogens is 314 g/mol. The minimum atomic E-state index is 0.832. The smallest absolute Gasteiger partial charge is 0.0428 e. The molecule has 0 radical (unpaired) electrons. The van der Waals surface area contributed by atoms with Crippen LogP contribution in [-0.2, 0) is 6.54 Å². The molecule has 0 atom stereocenters. The van der Waals surface area contributed by atoms with Gasteiger partial charge in [-0.1, -0.05) is 43.5 Å². The molecular formula is C25H35N. The Morgan fingerprint density at radius 2 is 1.54 bits per heavy atom. The van der Waals surface area contributed by atoms with Crippen molar-refractivity contribution in [3.8, 4) is 0 Å². The summed E-state index contributed by atoms with van der Waals surface area (Å²) in [6.45, 7) is 28.4. The molecule has 1 aromatic rings. The van der Waals surface area contributed by atoms with Crippen molar-refractivity contribution in [3.05, 3.63) is 93.8 Å². The maximum absolute atomic E-state index is 4.35. The van der Waals surface area contributed by atoms with E-state index in [1.165, 1.54) is 33.4 Å². The highest BCUT2D eigenvalue weighted by atomic mass is 15.1. The summed E-state index contributed by atoms with van der Waals surface area (Å²) in [7, 11) is 2.10. The Morgan fingerprint density at radius 1 is 0.962 bits per heavy atom. The second kappa shape index (κ2) is 8.89. The van der Waals surface area contributed by atoms with E-state index in [2.05, 4.69) is 84.5 Å². The fourth-order valence-electron chi connectivity index (χ4n) is 3.00. The highest BCUT2D eigenvalue weighted by molar-refractivity contribution is 5.55. The number of nitrogens with zero attached hydrogens (tertiary/aromatic N) is 1. The second-order valence-corrected chi connectivity index (χ2v) is 7.31. The van der Waals surface area contributed by atoms with Crippen molar-refractivity contribution in [2.24, 2.45) is 0 Å². The van der Waals surface area contributed by atoms with Crippen LogP contribution in [0.15, 0.2) is 71.5 Å². The van der Waals surface area contributed by atoms with Crippen LogP contribution in [-0.4, -0.2) is 11.9 Å². The van der Waals surface area contributed by atoms with Crippen molar-refractivity contribution in [1.82, 2.24) is 4.90 Å². The van der Waals surface area contributed by atoms with E-state index in [0.717, 1.165) is 29.0 Å². The zero-order valence-electron chi connectivity index (χ0n) is 18.0. The van der Waals surface area contributed by atoms with E-state index in [-0.39, 0.29) is 0 Å². The summed E-state index contributed by atoms with van der Waals surface area (Å²) in [6.07, 6.45) is 2.10. The van der Waals surface area contributed by atoms with Gasteiger partial charge in [-0.05, 0) is 93.0 Å². The van der Waals surface area contributed by atoms with Gasteiger partial charge in [0.1, 0.15) is 0 Å². The second-order valence-electron chi connectivity index (χ2n) is 7.31. The predicted molar refractivity (Wildman–Crippen MR) is 117 cm³/mol. The molecule has 0 aliphatic carbocycles. The molecule has 0 N–H and O–H groups in total. The Labute approximate surface area is 161 Å². The van der Waals surface area contributed by atoms with Crippen LogP contribution < -0.4 is 0 Å². The third-order valence-corrected chi connectivity index (χ3v) is 5.62. The molecule has 0 bridgehead atoms. The lowest BCUT2D eigenvalue weighted by molar-refractivity contribution is 0.420. The van der Waals surface area contributed by atoms with E-state index in [4.69, 9.17) is 0 Å². The van der Waals surface area contributed by atoms with Crippen LogP contribution >= 0.6 is 0 Å². The Morgan fingerprint density at radius 3 is 2.04 bits per heavy atom. The number of allylic oxidation sites excluding steroid dienone is 5. The number of hydrogen-bond donors (Lipinski definition) is 0. The summed E-state index contributed by atoms with van der Waals surface area (Å²) < 4.78 is 0. The van der Waals surface area contributed by atoms with Gasteiger partial charge in [-0.25, -0.2) is 0 Å². The van der Waals surface area contributed by atoms with Crippen molar-refractivity contribution >= 4 is 0 Å². The molecule has 0 saturated heterocycles. The van der Waals surface area contributed by atoms with Gasteiger partial charge in [0.05, 0.1) is 0 Å². The highest BCUT2D eigenvalue weighted by Crippen LogP contribution is 2.29. The zero-order valence-corrected chi connectivity index (χ0v) is 18.0. The third kappa shape index (κ3) is 4.66. The first-order valence-electron chi connectivity index (χ1n) is 9.18. The topological polar surface area (TPSA) is 3.24 Å². The predicted octanol–water partition coefficient (Wildman–Crippen LogP) is 6.97. The van der Waals surface area contributed by atoms with Crippen LogP contribution in [0.3, 0.4) is 0 Å². The van der Waals surface area contributed by atoms with Crippen molar-refractivity contribution in [2.75, 3.05) is 7.05 Å². The Bertz CT molecular complexity index is 800. The standard InChI is InChI=1S/C25H35N/c1-12-25(22(9)20(7)18(5)16(2)3)23(10)26(11)15-24-14-13-17(4)19(6)21(24)8/h12-14H,2,9-10,15H2,1,3-8,11H3/b20-18+,25-12+. The molecule has 0 fully saturated rings. The molecule has 1 heteroatoms. The van der Waals surface area contributed by atoms with Crippen LogP contribution in [0, 0.1) is 20.8 Å². The van der Waals surface area contributed by atoms with Gasteiger partial charge in [-0.3, -0.25) is 0 Å². The minimum Gasteiger partial charge on any atom is -0.370 e. The van der Waals surface area contributed by atoms with Crippen LogP contribution in [0.5, 0.6) is 0 Å². The number of benzene rings is 1. The Balaban J connectivity index is 3.10.